The van der Waals surface area contributed by atoms with Gasteiger partial charge in [-0.05, 0) is 30.2 Å². The summed E-state index contributed by atoms with van der Waals surface area (Å²) in [6, 6.07) is 15.5. The Morgan fingerprint density at radius 2 is 1.95 bits per heavy atom. The van der Waals surface area contributed by atoms with Crippen molar-refractivity contribution in [1.29, 1.82) is 0 Å². The van der Waals surface area contributed by atoms with Gasteiger partial charge in [0.25, 0.3) is 0 Å². The minimum Gasteiger partial charge on any atom is -0.508 e. The SMILES string of the molecule is N[C@@H]1COc2ccc(O)cc2[C@@H]1Cc1ccccc1. The Morgan fingerprint density at radius 1 is 1.16 bits per heavy atom. The Morgan fingerprint density at radius 3 is 2.74 bits per heavy atom. The minimum absolute atomic E-state index is 0.0468. The van der Waals surface area contributed by atoms with E-state index in [9.17, 15) is 5.11 Å². The summed E-state index contributed by atoms with van der Waals surface area (Å²) in [4.78, 5) is 0. The van der Waals surface area contributed by atoms with E-state index < -0.39 is 0 Å². The van der Waals surface area contributed by atoms with Gasteiger partial charge in [0.15, 0.2) is 0 Å². The van der Waals surface area contributed by atoms with E-state index in [1.807, 2.05) is 24.3 Å². The van der Waals surface area contributed by atoms with Gasteiger partial charge in [-0.3, -0.25) is 0 Å². The predicted octanol–water partition coefficient (Wildman–Crippen LogP) is 2.44. The van der Waals surface area contributed by atoms with E-state index in [1.165, 1.54) is 5.56 Å². The van der Waals surface area contributed by atoms with Gasteiger partial charge in [-0.2, -0.15) is 0 Å². The van der Waals surface area contributed by atoms with E-state index in [4.69, 9.17) is 10.5 Å². The summed E-state index contributed by atoms with van der Waals surface area (Å²) < 4.78 is 5.62. The Kier molecular flexibility index (Phi) is 3.13. The molecule has 0 saturated heterocycles. The topological polar surface area (TPSA) is 55.5 Å². The molecule has 3 heteroatoms. The fraction of sp³-hybridized carbons (Fsp3) is 0.250. The van der Waals surface area contributed by atoms with Crippen LogP contribution in [0.2, 0.25) is 0 Å². The van der Waals surface area contributed by atoms with Crippen molar-refractivity contribution in [3.8, 4) is 11.5 Å². The van der Waals surface area contributed by atoms with Gasteiger partial charge in [-0.25, -0.2) is 0 Å². The molecule has 3 rings (SSSR count). The second-order valence-electron chi connectivity index (χ2n) is 4.99. The highest BCUT2D eigenvalue weighted by molar-refractivity contribution is 5.44. The monoisotopic (exact) mass is 255 g/mol. The number of hydrogen-bond acceptors (Lipinski definition) is 3. The molecule has 2 atom stereocenters. The Labute approximate surface area is 112 Å². The summed E-state index contributed by atoms with van der Waals surface area (Å²) in [5.41, 5.74) is 8.44. The molecule has 2 aromatic rings. The predicted molar refractivity (Wildman–Crippen MR) is 74.5 cm³/mol. The summed E-state index contributed by atoms with van der Waals surface area (Å²) in [6.45, 7) is 0.523. The zero-order chi connectivity index (χ0) is 13.2. The van der Waals surface area contributed by atoms with Gasteiger partial charge in [0.05, 0.1) is 0 Å². The van der Waals surface area contributed by atoms with Crippen LogP contribution in [-0.4, -0.2) is 17.8 Å². The zero-order valence-electron chi connectivity index (χ0n) is 10.6. The van der Waals surface area contributed by atoms with E-state index in [0.717, 1.165) is 17.7 Å². The molecule has 19 heavy (non-hydrogen) atoms. The molecule has 0 fully saturated rings. The third-order valence-corrected chi connectivity index (χ3v) is 3.64. The van der Waals surface area contributed by atoms with Crippen molar-refractivity contribution >= 4 is 0 Å². The molecule has 0 bridgehead atoms. The fourth-order valence-corrected chi connectivity index (χ4v) is 2.62. The van der Waals surface area contributed by atoms with E-state index in [1.54, 1.807) is 12.1 Å². The highest BCUT2D eigenvalue weighted by Crippen LogP contribution is 2.37. The maximum atomic E-state index is 9.66. The molecule has 1 heterocycles. The van der Waals surface area contributed by atoms with Crippen LogP contribution in [-0.2, 0) is 6.42 Å². The first-order valence-corrected chi connectivity index (χ1v) is 6.49. The van der Waals surface area contributed by atoms with Gasteiger partial charge < -0.3 is 15.6 Å². The van der Waals surface area contributed by atoms with Gasteiger partial charge in [-0.1, -0.05) is 30.3 Å². The molecule has 0 aromatic heterocycles. The van der Waals surface area contributed by atoms with Crippen LogP contribution in [0.4, 0.5) is 0 Å². The number of phenolic OH excluding ortho intramolecular Hbond substituents is 1. The van der Waals surface area contributed by atoms with Crippen molar-refractivity contribution < 1.29 is 9.84 Å². The quantitative estimate of drug-likeness (QED) is 0.866. The van der Waals surface area contributed by atoms with Crippen LogP contribution in [0.15, 0.2) is 48.5 Å². The van der Waals surface area contributed by atoms with Crippen LogP contribution >= 0.6 is 0 Å². The highest BCUT2D eigenvalue weighted by Gasteiger charge is 2.28. The number of nitrogens with two attached hydrogens (primary N) is 1. The van der Waals surface area contributed by atoms with Gasteiger partial charge >= 0.3 is 0 Å². The number of aromatic hydroxyl groups is 1. The minimum atomic E-state index is -0.0468. The molecule has 3 nitrogen and oxygen atoms in total. The first-order valence-electron chi connectivity index (χ1n) is 6.49. The molecule has 2 aromatic carbocycles. The summed E-state index contributed by atoms with van der Waals surface area (Å²) in [6.07, 6.45) is 0.863. The fourth-order valence-electron chi connectivity index (χ4n) is 2.62. The van der Waals surface area contributed by atoms with Gasteiger partial charge in [-0.15, -0.1) is 0 Å². The molecule has 0 spiro atoms. The first kappa shape index (κ1) is 12.1. The Bertz CT molecular complexity index is 568. The lowest BCUT2D eigenvalue weighted by atomic mass is 9.84. The average molecular weight is 255 g/mol. The van der Waals surface area contributed by atoms with Gasteiger partial charge in [0.2, 0.25) is 0 Å². The van der Waals surface area contributed by atoms with E-state index >= 15 is 0 Å². The molecular weight excluding hydrogens is 238 g/mol. The van der Waals surface area contributed by atoms with Crippen molar-refractivity contribution in [3.05, 3.63) is 59.7 Å². The normalized spacial score (nSPS) is 21.5. The summed E-state index contributed by atoms with van der Waals surface area (Å²) >= 11 is 0. The number of rotatable bonds is 2. The highest BCUT2D eigenvalue weighted by atomic mass is 16.5. The molecular formula is C16H17NO2. The third kappa shape index (κ3) is 2.42. The molecule has 0 unspecified atom stereocenters. The second kappa shape index (κ2) is 4.94. The van der Waals surface area contributed by atoms with Crippen molar-refractivity contribution in [2.75, 3.05) is 6.61 Å². The first-order chi connectivity index (χ1) is 9.24. The maximum absolute atomic E-state index is 9.66. The molecule has 0 saturated carbocycles. The number of benzene rings is 2. The van der Waals surface area contributed by atoms with Crippen LogP contribution in [0.1, 0.15) is 17.0 Å². The molecule has 98 valence electrons. The maximum Gasteiger partial charge on any atom is 0.123 e. The molecule has 1 aliphatic rings. The van der Waals surface area contributed by atoms with Crippen molar-refractivity contribution in [3.63, 3.8) is 0 Å². The number of fused-ring (bicyclic) bond motifs is 1. The molecule has 0 radical (unpaired) electrons. The van der Waals surface area contributed by atoms with Crippen LogP contribution < -0.4 is 10.5 Å². The number of phenols is 1. The van der Waals surface area contributed by atoms with Crippen molar-refractivity contribution in [2.45, 2.75) is 18.4 Å². The van der Waals surface area contributed by atoms with Crippen LogP contribution in [0.3, 0.4) is 0 Å². The summed E-state index contributed by atoms with van der Waals surface area (Å²) in [5.74, 6) is 1.27. The lowest BCUT2D eigenvalue weighted by Crippen LogP contribution is -2.39. The lowest BCUT2D eigenvalue weighted by Gasteiger charge is -2.31. The van der Waals surface area contributed by atoms with Crippen molar-refractivity contribution in [1.82, 2.24) is 0 Å². The molecule has 0 amide bonds. The van der Waals surface area contributed by atoms with Crippen LogP contribution in [0.5, 0.6) is 11.5 Å². The zero-order valence-corrected chi connectivity index (χ0v) is 10.6. The second-order valence-corrected chi connectivity index (χ2v) is 4.99. The molecule has 3 N–H and O–H groups in total. The number of hydrogen-bond donors (Lipinski definition) is 2. The van der Waals surface area contributed by atoms with Crippen molar-refractivity contribution in [2.24, 2.45) is 5.73 Å². The van der Waals surface area contributed by atoms with E-state index in [0.29, 0.717) is 6.61 Å². The van der Waals surface area contributed by atoms with Crippen LogP contribution in [0, 0.1) is 0 Å². The summed E-state index contributed by atoms with van der Waals surface area (Å²) in [5, 5.41) is 9.66. The average Bonchev–Trinajstić information content (AvgIpc) is 2.43. The summed E-state index contributed by atoms with van der Waals surface area (Å²) in [7, 11) is 0. The Hall–Kier alpha value is -2.00. The van der Waals surface area contributed by atoms with Gasteiger partial charge in [0.1, 0.15) is 18.1 Å². The third-order valence-electron chi connectivity index (χ3n) is 3.64. The standard InChI is InChI=1S/C16H17NO2/c17-15-10-19-16-7-6-12(18)9-14(16)13(15)8-11-4-2-1-3-5-11/h1-7,9,13,15,18H,8,10,17H2/t13-,15+/m0/s1. The van der Waals surface area contributed by atoms with E-state index in [2.05, 4.69) is 12.1 Å². The number of ether oxygens (including phenoxy) is 1. The smallest absolute Gasteiger partial charge is 0.123 e. The lowest BCUT2D eigenvalue weighted by molar-refractivity contribution is 0.237. The Balaban J connectivity index is 1.94. The molecule has 1 aliphatic heterocycles. The largest absolute Gasteiger partial charge is 0.508 e. The molecule has 0 aliphatic carbocycles. The van der Waals surface area contributed by atoms with E-state index in [-0.39, 0.29) is 17.7 Å². The van der Waals surface area contributed by atoms with Gasteiger partial charge in [0, 0.05) is 17.5 Å². The van der Waals surface area contributed by atoms with Crippen LogP contribution in [0.25, 0.3) is 0 Å².